The Labute approximate surface area is 366 Å². The molecule has 0 unspecified atom stereocenters. The van der Waals surface area contributed by atoms with Gasteiger partial charge in [0, 0.05) is 110 Å². The second-order valence-corrected chi connectivity index (χ2v) is 18.0. The van der Waals surface area contributed by atoms with Crippen LogP contribution in [0.5, 0.6) is 0 Å². The molecule has 9 rings (SSSR count). The van der Waals surface area contributed by atoms with Crippen molar-refractivity contribution in [2.45, 2.75) is 65.3 Å². The first kappa shape index (κ1) is 41.7. The smallest absolute Gasteiger partial charge is 0.328 e. The van der Waals surface area contributed by atoms with E-state index in [0.717, 1.165) is 109 Å². The fourth-order valence-electron chi connectivity index (χ4n) is 8.85. The topological polar surface area (TPSA) is 182 Å². The molecule has 63 heavy (non-hydrogen) atoms. The lowest BCUT2D eigenvalue weighted by Crippen LogP contribution is -2.49. The number of aromatic amines is 1. The Bertz CT molecular complexity index is 2620. The lowest BCUT2D eigenvalue weighted by Gasteiger charge is -2.39. The van der Waals surface area contributed by atoms with Gasteiger partial charge in [-0.25, -0.2) is 14.8 Å². The average Bonchev–Trinajstić information content (AvgIpc) is 3.96. The van der Waals surface area contributed by atoms with Crippen LogP contribution in [0, 0.1) is 12.8 Å². The van der Waals surface area contributed by atoms with Gasteiger partial charge >= 0.3 is 17.8 Å². The second-order valence-electron chi connectivity index (χ2n) is 18.0. The zero-order valence-corrected chi connectivity index (χ0v) is 36.5. The van der Waals surface area contributed by atoms with E-state index in [1.807, 2.05) is 71.3 Å². The van der Waals surface area contributed by atoms with Crippen molar-refractivity contribution in [3.05, 3.63) is 95.9 Å². The molecule has 326 valence electrons. The first-order valence-electron chi connectivity index (χ1n) is 21.9. The highest BCUT2D eigenvalue weighted by Gasteiger charge is 2.28. The summed E-state index contributed by atoms with van der Waals surface area (Å²) < 4.78 is 5.25. The van der Waals surface area contributed by atoms with Crippen LogP contribution in [0.2, 0.25) is 0 Å². The molecule has 7 heterocycles. The predicted molar refractivity (Wildman–Crippen MR) is 242 cm³/mol. The number of imide groups is 1. The number of fused-ring (bicyclic) bond motifs is 1. The van der Waals surface area contributed by atoms with Gasteiger partial charge in [-0.05, 0) is 92.3 Å². The highest BCUT2D eigenvalue weighted by Crippen LogP contribution is 2.33. The quantitative estimate of drug-likeness (QED) is 0.134. The first-order valence-corrected chi connectivity index (χ1v) is 21.9. The lowest BCUT2D eigenvalue weighted by atomic mass is 9.95. The summed E-state index contributed by atoms with van der Waals surface area (Å²) in [6, 6.07) is 20.0. The molecule has 4 amide bonds. The number of amides is 4. The Kier molecular flexibility index (Phi) is 11.4. The van der Waals surface area contributed by atoms with E-state index < -0.39 is 5.91 Å². The SMILES string of the molecule is Cc1cc(-c2[nH]nc3ncc(-c4ccc(N5CCN(CC6CCN(c7ccc(N8CCC(=O)NC8=O)cc7)CC6)CC5)nc4)cc23)ccc1[C@@H](C)NC(=O)c1nc(C(C)(C)C)no1. The Morgan fingerprint density at radius 1 is 0.857 bits per heavy atom. The van der Waals surface area contributed by atoms with Crippen molar-refractivity contribution in [1.82, 2.24) is 45.8 Å². The fraction of sp³-hybridized carbons (Fsp3) is 0.404. The molecular weight excluding hydrogens is 797 g/mol. The molecule has 3 saturated heterocycles. The summed E-state index contributed by atoms with van der Waals surface area (Å²) in [6.45, 7) is 17.3. The maximum absolute atomic E-state index is 12.9. The molecule has 3 aliphatic rings. The molecule has 2 aromatic carbocycles. The molecular formula is C47H54N12O4. The van der Waals surface area contributed by atoms with Crippen molar-refractivity contribution < 1.29 is 18.9 Å². The molecule has 16 heteroatoms. The molecule has 4 aromatic heterocycles. The maximum atomic E-state index is 12.9. The third kappa shape index (κ3) is 8.98. The normalized spacial score (nSPS) is 17.3. The third-order valence-electron chi connectivity index (χ3n) is 12.6. The van der Waals surface area contributed by atoms with Gasteiger partial charge in [-0.15, -0.1) is 0 Å². The van der Waals surface area contributed by atoms with Crippen LogP contribution >= 0.6 is 0 Å². The van der Waals surface area contributed by atoms with E-state index in [-0.39, 0.29) is 29.3 Å². The average molecular weight is 851 g/mol. The second kappa shape index (κ2) is 17.2. The van der Waals surface area contributed by atoms with Crippen LogP contribution in [-0.2, 0) is 10.2 Å². The van der Waals surface area contributed by atoms with E-state index in [4.69, 9.17) is 9.51 Å². The number of carbonyl (C=O) groups excluding carboxylic acids is 3. The number of hydrogen-bond acceptors (Lipinski definition) is 12. The molecule has 3 aliphatic heterocycles. The Morgan fingerprint density at radius 3 is 2.27 bits per heavy atom. The largest absolute Gasteiger partial charge is 0.372 e. The number of hydrogen-bond donors (Lipinski definition) is 3. The minimum atomic E-state index is -0.410. The number of carbonyl (C=O) groups is 3. The van der Waals surface area contributed by atoms with E-state index in [9.17, 15) is 14.4 Å². The van der Waals surface area contributed by atoms with Crippen molar-refractivity contribution in [1.29, 1.82) is 0 Å². The van der Waals surface area contributed by atoms with Crippen molar-refractivity contribution in [2.24, 2.45) is 5.92 Å². The number of anilines is 3. The van der Waals surface area contributed by atoms with Gasteiger partial charge in [-0.1, -0.05) is 38.1 Å². The van der Waals surface area contributed by atoms with Gasteiger partial charge in [-0.2, -0.15) is 10.1 Å². The van der Waals surface area contributed by atoms with Crippen molar-refractivity contribution in [2.75, 3.05) is 67.1 Å². The van der Waals surface area contributed by atoms with Crippen molar-refractivity contribution in [3.63, 3.8) is 0 Å². The molecule has 0 radical (unpaired) electrons. The summed E-state index contributed by atoms with van der Waals surface area (Å²) in [6.07, 6.45) is 6.40. The highest BCUT2D eigenvalue weighted by atomic mass is 16.5. The minimum Gasteiger partial charge on any atom is -0.372 e. The van der Waals surface area contributed by atoms with E-state index in [2.05, 4.69) is 87.1 Å². The maximum Gasteiger partial charge on any atom is 0.328 e. The molecule has 16 nitrogen and oxygen atoms in total. The van der Waals surface area contributed by atoms with Crippen LogP contribution in [0.1, 0.15) is 80.6 Å². The van der Waals surface area contributed by atoms with Crippen LogP contribution in [0.25, 0.3) is 33.4 Å². The van der Waals surface area contributed by atoms with Gasteiger partial charge in [0.05, 0.1) is 11.7 Å². The molecule has 1 atom stereocenters. The number of nitrogens with zero attached hydrogens (tertiary/aromatic N) is 9. The Morgan fingerprint density at radius 2 is 1.59 bits per heavy atom. The number of benzene rings is 2. The van der Waals surface area contributed by atoms with Crippen molar-refractivity contribution in [3.8, 4) is 22.4 Å². The zero-order chi connectivity index (χ0) is 43.8. The molecule has 3 fully saturated rings. The molecule has 0 bridgehead atoms. The minimum absolute atomic E-state index is 0.0493. The van der Waals surface area contributed by atoms with Gasteiger partial charge in [-0.3, -0.25) is 29.8 Å². The van der Waals surface area contributed by atoms with Crippen LogP contribution in [-0.4, -0.2) is 105 Å². The summed E-state index contributed by atoms with van der Waals surface area (Å²) in [4.78, 5) is 59.6. The monoisotopic (exact) mass is 850 g/mol. The van der Waals surface area contributed by atoms with Crippen LogP contribution < -0.4 is 25.3 Å². The number of rotatable bonds is 10. The van der Waals surface area contributed by atoms with Crippen LogP contribution in [0.3, 0.4) is 0 Å². The number of urea groups is 1. The number of aryl methyl sites for hydroxylation is 1. The standard InChI is InChI=1S/C47H54N12O4/c1-29-24-32(6-12-37(29)30(2)50-43(61)44-52-45(55-63-44)47(3,4)5)41-38-25-34(27-49-42(38)54-53-41)33-7-13-39(48-26-33)58-22-20-56(21-23-58)28-31-14-17-57(18-15-31)35-8-10-36(11-9-35)59-19-16-40(60)51-46(59)62/h6-13,24-27,30-31H,14-23,28H2,1-5H3,(H,50,61)(H,49,53,54)(H,51,60,62)/t30-/m1/s1. The summed E-state index contributed by atoms with van der Waals surface area (Å²) in [5.41, 5.74) is 8.07. The molecule has 0 saturated carbocycles. The van der Waals surface area contributed by atoms with Crippen LogP contribution in [0.15, 0.2) is 77.6 Å². The molecule has 0 aliphatic carbocycles. The van der Waals surface area contributed by atoms with Gasteiger partial charge in [0.15, 0.2) is 11.5 Å². The molecule has 3 N–H and O–H groups in total. The van der Waals surface area contributed by atoms with Crippen molar-refractivity contribution >= 4 is 46.1 Å². The van der Waals surface area contributed by atoms with E-state index >= 15 is 0 Å². The molecule has 0 spiro atoms. The third-order valence-corrected chi connectivity index (χ3v) is 12.6. The zero-order valence-electron chi connectivity index (χ0n) is 36.5. The number of aromatic nitrogens is 6. The summed E-state index contributed by atoms with van der Waals surface area (Å²) in [7, 11) is 0. The summed E-state index contributed by atoms with van der Waals surface area (Å²) >= 11 is 0. The van der Waals surface area contributed by atoms with Gasteiger partial charge in [0.2, 0.25) is 5.91 Å². The first-order chi connectivity index (χ1) is 30.4. The fourth-order valence-corrected chi connectivity index (χ4v) is 8.85. The number of H-pyrrole nitrogens is 1. The van der Waals surface area contributed by atoms with Crippen LogP contribution in [0.4, 0.5) is 22.0 Å². The Balaban J connectivity index is 0.767. The Hall–Kier alpha value is -6.68. The van der Waals surface area contributed by atoms with E-state index in [1.165, 1.54) is 5.69 Å². The number of piperazine rings is 1. The van der Waals surface area contributed by atoms with Gasteiger partial charge in [0.25, 0.3) is 0 Å². The van der Waals surface area contributed by atoms with Gasteiger partial charge in [0.1, 0.15) is 5.82 Å². The number of piperidine rings is 1. The summed E-state index contributed by atoms with van der Waals surface area (Å²) in [5, 5.41) is 18.0. The van der Waals surface area contributed by atoms with E-state index in [0.29, 0.717) is 30.4 Å². The predicted octanol–water partition coefficient (Wildman–Crippen LogP) is 6.65. The molecule has 6 aromatic rings. The highest BCUT2D eigenvalue weighted by molar-refractivity contribution is 6.05. The van der Waals surface area contributed by atoms with E-state index in [1.54, 1.807) is 4.90 Å². The lowest BCUT2D eigenvalue weighted by molar-refractivity contribution is -0.120. The van der Waals surface area contributed by atoms with Gasteiger partial charge < -0.3 is 19.6 Å². The number of pyridine rings is 2. The number of nitrogens with one attached hydrogen (secondary N) is 3. The summed E-state index contributed by atoms with van der Waals surface area (Å²) in [5.74, 6) is 1.46.